The van der Waals surface area contributed by atoms with Crippen LogP contribution < -0.4 is 5.73 Å². The summed E-state index contributed by atoms with van der Waals surface area (Å²) in [5, 5.41) is 0.165. The summed E-state index contributed by atoms with van der Waals surface area (Å²) in [6.07, 6.45) is -4.39. The quantitative estimate of drug-likeness (QED) is 0.841. The van der Waals surface area contributed by atoms with Gasteiger partial charge in [0.15, 0.2) is 5.13 Å². The van der Waals surface area contributed by atoms with Crippen LogP contribution >= 0.6 is 11.3 Å². The predicted molar refractivity (Wildman–Crippen MR) is 63.1 cm³/mol. The highest BCUT2D eigenvalue weighted by Gasteiger charge is 2.34. The number of hydrogen-bond acceptors (Lipinski definition) is 3. The van der Waals surface area contributed by atoms with Gasteiger partial charge in [-0.1, -0.05) is 31.3 Å². The van der Waals surface area contributed by atoms with E-state index in [2.05, 4.69) is 4.98 Å². The van der Waals surface area contributed by atoms with Crippen LogP contribution in [-0.4, -0.2) is 4.98 Å². The third-order valence-corrected chi connectivity index (χ3v) is 3.45. The zero-order chi connectivity index (χ0) is 12.8. The molecule has 0 bridgehead atoms. The van der Waals surface area contributed by atoms with E-state index in [-0.39, 0.29) is 16.6 Å². The number of aromatic nitrogens is 1. The molecular formula is C11H11F3N2S. The van der Waals surface area contributed by atoms with Gasteiger partial charge in [0.1, 0.15) is 0 Å². The van der Waals surface area contributed by atoms with E-state index in [1.165, 1.54) is 6.07 Å². The molecule has 6 heteroatoms. The number of nitrogens with zero attached hydrogens (tertiary/aromatic N) is 1. The van der Waals surface area contributed by atoms with E-state index < -0.39 is 11.7 Å². The van der Waals surface area contributed by atoms with Crippen molar-refractivity contribution in [3.8, 4) is 0 Å². The molecule has 0 unspecified atom stereocenters. The summed E-state index contributed by atoms with van der Waals surface area (Å²) in [6.45, 7) is 3.86. The third kappa shape index (κ3) is 2.09. The van der Waals surface area contributed by atoms with Crippen molar-refractivity contribution < 1.29 is 13.2 Å². The number of nitrogen functional groups attached to an aromatic ring is 1. The SMILES string of the molecule is CC(C)c1ccc(C(F)(F)F)c2nc(N)sc12. The Morgan fingerprint density at radius 1 is 1.29 bits per heavy atom. The molecule has 1 heterocycles. The summed E-state index contributed by atoms with van der Waals surface area (Å²) in [7, 11) is 0. The summed E-state index contributed by atoms with van der Waals surface area (Å²) in [6, 6.07) is 2.59. The Morgan fingerprint density at radius 3 is 2.47 bits per heavy atom. The van der Waals surface area contributed by atoms with Gasteiger partial charge in [0.25, 0.3) is 0 Å². The molecule has 2 aromatic rings. The molecule has 0 aliphatic rings. The van der Waals surface area contributed by atoms with Gasteiger partial charge in [-0.3, -0.25) is 0 Å². The van der Waals surface area contributed by atoms with Gasteiger partial charge in [-0.15, -0.1) is 0 Å². The standard InChI is InChI=1S/C11H11F3N2S/c1-5(2)6-3-4-7(11(12,13)14)8-9(6)17-10(15)16-8/h3-5H,1-2H3,(H2,15,16). The molecule has 0 spiro atoms. The minimum absolute atomic E-state index is 0.0359. The summed E-state index contributed by atoms with van der Waals surface area (Å²) < 4.78 is 38.9. The van der Waals surface area contributed by atoms with Crippen molar-refractivity contribution >= 4 is 26.7 Å². The van der Waals surface area contributed by atoms with Crippen molar-refractivity contribution in [1.29, 1.82) is 0 Å². The van der Waals surface area contributed by atoms with Crippen LogP contribution in [0.5, 0.6) is 0 Å². The van der Waals surface area contributed by atoms with Gasteiger partial charge in [0, 0.05) is 0 Å². The molecule has 1 aromatic heterocycles. The van der Waals surface area contributed by atoms with Gasteiger partial charge >= 0.3 is 6.18 Å². The third-order valence-electron chi connectivity index (χ3n) is 2.52. The number of rotatable bonds is 1. The predicted octanol–water partition coefficient (Wildman–Crippen LogP) is 4.02. The van der Waals surface area contributed by atoms with Gasteiger partial charge in [-0.05, 0) is 17.5 Å². The molecule has 0 fully saturated rings. The summed E-state index contributed by atoms with van der Waals surface area (Å²) in [5.41, 5.74) is 5.61. The number of halogens is 3. The lowest BCUT2D eigenvalue weighted by Crippen LogP contribution is -2.06. The Bertz CT molecular complexity index is 558. The van der Waals surface area contributed by atoms with Crippen molar-refractivity contribution in [2.45, 2.75) is 25.9 Å². The molecule has 0 atom stereocenters. The highest BCUT2D eigenvalue weighted by atomic mass is 32.1. The lowest BCUT2D eigenvalue weighted by Gasteiger charge is -2.11. The Kier molecular flexibility index (Phi) is 2.77. The van der Waals surface area contributed by atoms with Gasteiger partial charge in [0.05, 0.1) is 15.8 Å². The summed E-state index contributed by atoms with van der Waals surface area (Å²) in [5.74, 6) is 0.139. The van der Waals surface area contributed by atoms with Gasteiger partial charge in [0.2, 0.25) is 0 Å². The van der Waals surface area contributed by atoms with E-state index >= 15 is 0 Å². The van der Waals surface area contributed by atoms with Crippen molar-refractivity contribution in [3.63, 3.8) is 0 Å². The van der Waals surface area contributed by atoms with Crippen molar-refractivity contribution in [2.75, 3.05) is 5.73 Å². The molecule has 0 amide bonds. The molecule has 17 heavy (non-hydrogen) atoms. The highest BCUT2D eigenvalue weighted by molar-refractivity contribution is 7.22. The maximum absolute atomic E-state index is 12.8. The molecule has 2 N–H and O–H groups in total. The van der Waals surface area contributed by atoms with Crippen molar-refractivity contribution in [1.82, 2.24) is 4.98 Å². The molecule has 0 radical (unpaired) electrons. The fourth-order valence-electron chi connectivity index (χ4n) is 1.73. The Morgan fingerprint density at radius 2 is 1.94 bits per heavy atom. The van der Waals surface area contributed by atoms with E-state index in [1.54, 1.807) is 0 Å². The van der Waals surface area contributed by atoms with Crippen LogP contribution in [0, 0.1) is 0 Å². The first-order chi connectivity index (χ1) is 7.80. The maximum atomic E-state index is 12.8. The molecule has 2 rings (SSSR count). The number of hydrogen-bond donors (Lipinski definition) is 1. The number of nitrogens with two attached hydrogens (primary N) is 1. The fourth-order valence-corrected chi connectivity index (χ4v) is 2.75. The number of thiazole rings is 1. The van der Waals surface area contributed by atoms with E-state index in [0.717, 1.165) is 23.0 Å². The summed E-state index contributed by atoms with van der Waals surface area (Å²) in [4.78, 5) is 3.80. The van der Waals surface area contributed by atoms with Crippen LogP contribution in [0.4, 0.5) is 18.3 Å². The van der Waals surface area contributed by atoms with E-state index in [4.69, 9.17) is 5.73 Å². The normalized spacial score (nSPS) is 12.6. The second-order valence-electron chi connectivity index (χ2n) is 4.08. The number of fused-ring (bicyclic) bond motifs is 1. The molecule has 0 saturated heterocycles. The van der Waals surface area contributed by atoms with Crippen LogP contribution in [0.25, 0.3) is 10.2 Å². The first kappa shape index (κ1) is 12.2. The molecular weight excluding hydrogens is 249 g/mol. The molecule has 1 aromatic carbocycles. The van der Waals surface area contributed by atoms with E-state index in [9.17, 15) is 13.2 Å². The van der Waals surface area contributed by atoms with Crippen molar-refractivity contribution in [3.05, 3.63) is 23.3 Å². The van der Waals surface area contributed by atoms with Gasteiger partial charge < -0.3 is 5.73 Å². The van der Waals surface area contributed by atoms with E-state index in [0.29, 0.717) is 4.70 Å². The highest BCUT2D eigenvalue weighted by Crippen LogP contribution is 2.40. The molecule has 92 valence electrons. The first-order valence-corrected chi connectivity index (χ1v) is 5.88. The second kappa shape index (κ2) is 3.87. The molecule has 0 aliphatic carbocycles. The van der Waals surface area contributed by atoms with Crippen LogP contribution in [0.3, 0.4) is 0 Å². The molecule has 0 aliphatic heterocycles. The number of anilines is 1. The van der Waals surface area contributed by atoms with Crippen molar-refractivity contribution in [2.24, 2.45) is 0 Å². The van der Waals surface area contributed by atoms with Gasteiger partial charge in [-0.2, -0.15) is 13.2 Å². The fraction of sp³-hybridized carbons (Fsp3) is 0.364. The lowest BCUT2D eigenvalue weighted by molar-refractivity contribution is -0.136. The largest absolute Gasteiger partial charge is 0.418 e. The minimum atomic E-state index is -4.39. The van der Waals surface area contributed by atoms with Crippen LogP contribution in [0.2, 0.25) is 0 Å². The topological polar surface area (TPSA) is 38.9 Å². The Labute approximate surface area is 100 Å². The molecule has 0 saturated carbocycles. The smallest absolute Gasteiger partial charge is 0.375 e. The van der Waals surface area contributed by atoms with Gasteiger partial charge in [-0.25, -0.2) is 4.98 Å². The average molecular weight is 260 g/mol. The van der Waals surface area contributed by atoms with Crippen LogP contribution in [0.15, 0.2) is 12.1 Å². The van der Waals surface area contributed by atoms with Crippen LogP contribution in [-0.2, 0) is 6.18 Å². The summed E-state index contributed by atoms with van der Waals surface area (Å²) >= 11 is 1.10. The maximum Gasteiger partial charge on any atom is 0.418 e. The Hall–Kier alpha value is -1.30. The number of alkyl halides is 3. The lowest BCUT2D eigenvalue weighted by atomic mass is 10.0. The van der Waals surface area contributed by atoms with E-state index in [1.807, 2.05) is 13.8 Å². The Balaban J connectivity index is 2.79. The van der Waals surface area contributed by atoms with Crippen LogP contribution in [0.1, 0.15) is 30.9 Å². The average Bonchev–Trinajstić information content (AvgIpc) is 2.54. The molecule has 2 nitrogen and oxygen atoms in total. The number of benzene rings is 1. The minimum Gasteiger partial charge on any atom is -0.375 e. The monoisotopic (exact) mass is 260 g/mol. The zero-order valence-corrected chi connectivity index (χ0v) is 10.1. The first-order valence-electron chi connectivity index (χ1n) is 5.07. The second-order valence-corrected chi connectivity index (χ2v) is 5.12. The zero-order valence-electron chi connectivity index (χ0n) is 9.30.